The number of fused-ring (bicyclic) bond motifs is 2. The van der Waals surface area contributed by atoms with Crippen LogP contribution in [0, 0.1) is 0 Å². The summed E-state index contributed by atoms with van der Waals surface area (Å²) in [6, 6.07) is 9.50. The molecule has 0 unspecified atom stereocenters. The molecule has 0 N–H and O–H groups in total. The Bertz CT molecular complexity index is 1140. The van der Waals surface area contributed by atoms with E-state index < -0.39 is 0 Å². The van der Waals surface area contributed by atoms with E-state index >= 15 is 0 Å². The van der Waals surface area contributed by atoms with E-state index in [4.69, 9.17) is 4.52 Å². The maximum atomic E-state index is 12.8. The van der Waals surface area contributed by atoms with Crippen molar-refractivity contribution in [2.24, 2.45) is 0 Å². The lowest BCUT2D eigenvalue weighted by atomic mass is 9.96. The number of aryl methyl sites for hydroxylation is 1. The fourth-order valence-corrected chi connectivity index (χ4v) is 3.43. The average molecular weight is 348 g/mol. The maximum absolute atomic E-state index is 12.8. The van der Waals surface area contributed by atoms with E-state index in [1.54, 1.807) is 4.68 Å². The lowest BCUT2D eigenvalue weighted by Gasteiger charge is -2.09. The van der Waals surface area contributed by atoms with Crippen molar-refractivity contribution in [3.05, 3.63) is 64.0 Å². The first-order valence-corrected chi connectivity index (χ1v) is 8.64. The van der Waals surface area contributed by atoms with Gasteiger partial charge in [0.05, 0.1) is 12.2 Å². The fourth-order valence-electron chi connectivity index (χ4n) is 3.43. The third kappa shape index (κ3) is 2.33. The van der Waals surface area contributed by atoms with Crippen molar-refractivity contribution < 1.29 is 4.52 Å². The molecule has 0 amide bonds. The van der Waals surface area contributed by atoms with E-state index in [9.17, 15) is 4.79 Å². The van der Waals surface area contributed by atoms with Gasteiger partial charge in [-0.3, -0.25) is 9.36 Å². The summed E-state index contributed by atoms with van der Waals surface area (Å²) in [6.07, 6.45) is 5.64. The second kappa shape index (κ2) is 5.91. The van der Waals surface area contributed by atoms with E-state index in [2.05, 4.69) is 20.5 Å². The molecule has 3 aromatic heterocycles. The van der Waals surface area contributed by atoms with Crippen LogP contribution < -0.4 is 5.56 Å². The van der Waals surface area contributed by atoms with E-state index in [-0.39, 0.29) is 11.1 Å². The van der Waals surface area contributed by atoms with Crippen molar-refractivity contribution in [3.63, 3.8) is 0 Å². The van der Waals surface area contributed by atoms with Crippen LogP contribution in [0.2, 0.25) is 0 Å². The van der Waals surface area contributed by atoms with Gasteiger partial charge >= 0.3 is 0 Å². The molecule has 0 bridgehead atoms. The molecule has 1 aliphatic rings. The summed E-state index contributed by atoms with van der Waals surface area (Å²) in [5, 5.41) is 12.3. The molecule has 0 saturated heterocycles. The van der Waals surface area contributed by atoms with Crippen molar-refractivity contribution in [2.75, 3.05) is 0 Å². The first-order chi connectivity index (χ1) is 12.8. The summed E-state index contributed by atoms with van der Waals surface area (Å²) < 4.78 is 8.51. The van der Waals surface area contributed by atoms with Gasteiger partial charge in [-0.25, -0.2) is 4.98 Å². The second-order valence-electron chi connectivity index (χ2n) is 6.42. The molecule has 8 nitrogen and oxygen atoms in total. The quantitative estimate of drug-likeness (QED) is 0.561. The Morgan fingerprint density at radius 2 is 1.96 bits per heavy atom. The van der Waals surface area contributed by atoms with Gasteiger partial charge in [-0.15, -0.1) is 5.10 Å². The number of hydrogen-bond acceptors (Lipinski definition) is 6. The number of hydrogen-bond donors (Lipinski definition) is 0. The second-order valence-corrected chi connectivity index (χ2v) is 6.42. The third-order valence-corrected chi connectivity index (χ3v) is 4.78. The standard InChI is InChI=1S/C18H16N6O2/c25-18-16-17(24(22-20-16)12-6-2-1-3-7-12)19-11-23(18)10-14-13-8-4-5-9-15(13)26-21-14/h1-3,6-7,11H,4-5,8-10H2. The van der Waals surface area contributed by atoms with E-state index in [0.717, 1.165) is 48.4 Å². The number of para-hydroxylation sites is 1. The highest BCUT2D eigenvalue weighted by molar-refractivity contribution is 5.70. The summed E-state index contributed by atoms with van der Waals surface area (Å²) in [7, 11) is 0. The zero-order valence-electron chi connectivity index (χ0n) is 14.0. The average Bonchev–Trinajstić information content (AvgIpc) is 3.30. The van der Waals surface area contributed by atoms with Crippen LogP contribution in [0.1, 0.15) is 29.9 Å². The van der Waals surface area contributed by atoms with Gasteiger partial charge in [0.2, 0.25) is 0 Å². The number of nitrogens with zero attached hydrogens (tertiary/aromatic N) is 6. The maximum Gasteiger partial charge on any atom is 0.283 e. The number of aromatic nitrogens is 6. The first kappa shape index (κ1) is 15.0. The van der Waals surface area contributed by atoms with Gasteiger partial charge < -0.3 is 4.52 Å². The van der Waals surface area contributed by atoms with Crippen LogP contribution in [0.3, 0.4) is 0 Å². The Hall–Kier alpha value is -3.29. The van der Waals surface area contributed by atoms with Crippen LogP contribution in [0.15, 0.2) is 46.0 Å². The summed E-state index contributed by atoms with van der Waals surface area (Å²) in [4.78, 5) is 17.2. The van der Waals surface area contributed by atoms with Gasteiger partial charge in [0.15, 0.2) is 11.2 Å². The molecule has 3 heterocycles. The third-order valence-electron chi connectivity index (χ3n) is 4.78. The highest BCUT2D eigenvalue weighted by Crippen LogP contribution is 2.24. The zero-order chi connectivity index (χ0) is 17.5. The molecule has 130 valence electrons. The minimum absolute atomic E-state index is 0.232. The molecular weight excluding hydrogens is 332 g/mol. The molecule has 1 aliphatic carbocycles. The minimum Gasteiger partial charge on any atom is -0.361 e. The van der Waals surface area contributed by atoms with Gasteiger partial charge in [-0.1, -0.05) is 28.6 Å². The molecule has 26 heavy (non-hydrogen) atoms. The summed E-state index contributed by atoms with van der Waals surface area (Å²) >= 11 is 0. The molecule has 5 rings (SSSR count). The van der Waals surface area contributed by atoms with Crippen LogP contribution in [0.4, 0.5) is 0 Å². The van der Waals surface area contributed by atoms with Crippen molar-refractivity contribution in [3.8, 4) is 5.69 Å². The highest BCUT2D eigenvalue weighted by atomic mass is 16.5. The van der Waals surface area contributed by atoms with Gasteiger partial charge in [0, 0.05) is 12.0 Å². The monoisotopic (exact) mass is 348 g/mol. The molecule has 4 aromatic rings. The normalized spacial score (nSPS) is 13.8. The molecule has 0 radical (unpaired) electrons. The molecule has 0 atom stereocenters. The van der Waals surface area contributed by atoms with Crippen molar-refractivity contribution in [1.29, 1.82) is 0 Å². The van der Waals surface area contributed by atoms with Crippen LogP contribution in [-0.4, -0.2) is 29.7 Å². The zero-order valence-corrected chi connectivity index (χ0v) is 14.0. The van der Waals surface area contributed by atoms with Crippen molar-refractivity contribution in [2.45, 2.75) is 32.2 Å². The molecule has 0 saturated carbocycles. The molecule has 1 aromatic carbocycles. The van der Waals surface area contributed by atoms with Gasteiger partial charge in [0.25, 0.3) is 5.56 Å². The Kier molecular flexibility index (Phi) is 3.41. The number of rotatable bonds is 3. The van der Waals surface area contributed by atoms with Crippen LogP contribution in [0.25, 0.3) is 16.9 Å². The molecular formula is C18H16N6O2. The van der Waals surface area contributed by atoms with Crippen molar-refractivity contribution in [1.82, 2.24) is 29.7 Å². The predicted octanol–water partition coefficient (Wildman–Crippen LogP) is 1.89. The topological polar surface area (TPSA) is 91.6 Å². The summed E-state index contributed by atoms with van der Waals surface area (Å²) in [5.41, 5.74) is 3.21. The molecule has 8 heteroatoms. The number of benzene rings is 1. The fraction of sp³-hybridized carbons (Fsp3) is 0.278. The Morgan fingerprint density at radius 3 is 2.85 bits per heavy atom. The van der Waals surface area contributed by atoms with E-state index in [1.165, 1.54) is 10.9 Å². The van der Waals surface area contributed by atoms with Crippen molar-refractivity contribution >= 4 is 11.2 Å². The lowest BCUT2D eigenvalue weighted by molar-refractivity contribution is 0.367. The van der Waals surface area contributed by atoms with Gasteiger partial charge in [-0.05, 0) is 31.4 Å². The van der Waals surface area contributed by atoms with Gasteiger partial charge in [-0.2, -0.15) is 4.68 Å². The largest absolute Gasteiger partial charge is 0.361 e. The van der Waals surface area contributed by atoms with E-state index in [0.29, 0.717) is 12.2 Å². The SMILES string of the molecule is O=c1c2nnn(-c3ccccc3)c2ncn1Cc1noc2c1CCCC2. The van der Waals surface area contributed by atoms with E-state index in [1.807, 2.05) is 30.3 Å². The molecule has 0 fully saturated rings. The smallest absolute Gasteiger partial charge is 0.283 e. The van der Waals surface area contributed by atoms with Gasteiger partial charge in [0.1, 0.15) is 17.8 Å². The summed E-state index contributed by atoms with van der Waals surface area (Å²) in [6.45, 7) is 0.332. The predicted molar refractivity (Wildman–Crippen MR) is 93.2 cm³/mol. The molecule has 0 spiro atoms. The Morgan fingerprint density at radius 1 is 1.12 bits per heavy atom. The first-order valence-electron chi connectivity index (χ1n) is 8.64. The lowest BCUT2D eigenvalue weighted by Crippen LogP contribution is -2.22. The summed E-state index contributed by atoms with van der Waals surface area (Å²) in [5.74, 6) is 0.948. The van der Waals surface area contributed by atoms with Crippen LogP contribution in [-0.2, 0) is 19.4 Å². The minimum atomic E-state index is -0.232. The Balaban J connectivity index is 1.55. The highest BCUT2D eigenvalue weighted by Gasteiger charge is 2.21. The van der Waals surface area contributed by atoms with Crippen LogP contribution in [0.5, 0.6) is 0 Å². The van der Waals surface area contributed by atoms with Crippen LogP contribution >= 0.6 is 0 Å². The molecule has 0 aliphatic heterocycles. The Labute approximate surface area is 148 Å².